The second kappa shape index (κ2) is 10.6. The molecule has 10 nitrogen and oxygen atoms in total. The van der Waals surface area contributed by atoms with Crippen molar-refractivity contribution in [2.24, 2.45) is 0 Å². The van der Waals surface area contributed by atoms with Gasteiger partial charge in [0.05, 0.1) is 29.0 Å². The van der Waals surface area contributed by atoms with E-state index in [1.54, 1.807) is 19.3 Å². The maximum Gasteiger partial charge on any atom is 0.333 e. The van der Waals surface area contributed by atoms with Crippen molar-refractivity contribution < 1.29 is 19.7 Å². The van der Waals surface area contributed by atoms with E-state index in [0.29, 0.717) is 46.8 Å². The minimum Gasteiger partial charge on any atom is -0.480 e. The highest BCUT2D eigenvalue weighted by molar-refractivity contribution is 7.22. The smallest absolute Gasteiger partial charge is 0.333 e. The number of H-pyrrole nitrogens is 1. The van der Waals surface area contributed by atoms with Crippen LogP contribution in [0.5, 0.6) is 0 Å². The molecule has 0 unspecified atom stereocenters. The summed E-state index contributed by atoms with van der Waals surface area (Å²) in [5.74, 6) is -0.726. The number of aliphatic hydroxyl groups is 1. The first-order chi connectivity index (χ1) is 18.6. The van der Waals surface area contributed by atoms with Crippen molar-refractivity contribution >= 4 is 27.5 Å². The number of hydrogen-bond acceptors (Lipinski definition) is 7. The third-order valence-electron chi connectivity index (χ3n) is 7.53. The second-order valence-electron chi connectivity index (χ2n) is 10.5. The molecular weight excluding hydrogens is 520 g/mol. The van der Waals surface area contributed by atoms with E-state index in [4.69, 9.17) is 4.74 Å². The summed E-state index contributed by atoms with van der Waals surface area (Å²) >= 11 is 1.27. The maximum atomic E-state index is 14.0. The Morgan fingerprint density at radius 1 is 1.21 bits per heavy atom. The second-order valence-corrected chi connectivity index (χ2v) is 11.5. The van der Waals surface area contributed by atoms with E-state index < -0.39 is 28.9 Å². The number of thiophene rings is 1. The average molecular weight is 553 g/mol. The first-order valence-corrected chi connectivity index (χ1v) is 13.8. The normalized spacial score (nSPS) is 18.9. The third-order valence-corrected chi connectivity index (χ3v) is 8.85. The van der Waals surface area contributed by atoms with Gasteiger partial charge in [0.25, 0.3) is 5.56 Å². The van der Waals surface area contributed by atoms with Gasteiger partial charge in [0.15, 0.2) is 0 Å². The number of carboxylic acid groups (broad SMARTS) is 1. The minimum atomic E-state index is -1.79. The standard InChI is InChI=1S/C28H32N4O6S/c1-16-21-24(34)32(28(2,3)26(35)36)27(37)31(25(21)39-22(16)23-29-13-14-30-23)15-20(17-7-5-4-6-8-17)38-19-11-9-18(33)10-12-19/h4-8,13-14,18-20,33H,9-12,15H2,1-3H3,(H,29,30)(H,35,36)/t18-,19+,20-/m0/s1. The molecule has 1 fully saturated rings. The summed E-state index contributed by atoms with van der Waals surface area (Å²) in [6.07, 6.45) is 4.99. The van der Waals surface area contributed by atoms with E-state index in [-0.39, 0.29) is 24.1 Å². The van der Waals surface area contributed by atoms with Crippen molar-refractivity contribution in [3.05, 3.63) is 74.7 Å². The molecule has 0 saturated heterocycles. The molecule has 0 bridgehead atoms. The highest BCUT2D eigenvalue weighted by Gasteiger charge is 2.36. The number of carboxylic acids is 1. The molecule has 11 heteroatoms. The fraction of sp³-hybridized carbons (Fsp3) is 0.429. The largest absolute Gasteiger partial charge is 0.480 e. The first kappa shape index (κ1) is 27.0. The Labute approximate surface area is 228 Å². The molecule has 0 amide bonds. The molecule has 4 aromatic rings. The predicted octanol–water partition coefficient (Wildman–Crippen LogP) is 3.80. The number of fused-ring (bicyclic) bond motifs is 1. The van der Waals surface area contributed by atoms with Crippen molar-refractivity contribution in [2.75, 3.05) is 0 Å². The summed E-state index contributed by atoms with van der Waals surface area (Å²) in [5, 5.41) is 20.2. The molecule has 1 aromatic carbocycles. The number of aryl methyl sites for hydroxylation is 1. The summed E-state index contributed by atoms with van der Waals surface area (Å²) in [6.45, 7) is 4.55. The minimum absolute atomic E-state index is 0.0753. The molecule has 1 aliphatic rings. The summed E-state index contributed by atoms with van der Waals surface area (Å²) in [5.41, 5.74) is -1.67. The van der Waals surface area contributed by atoms with Gasteiger partial charge in [0, 0.05) is 12.4 Å². The van der Waals surface area contributed by atoms with Gasteiger partial charge in [0.2, 0.25) is 0 Å². The zero-order chi connectivity index (χ0) is 27.9. The van der Waals surface area contributed by atoms with E-state index in [1.165, 1.54) is 29.8 Å². The van der Waals surface area contributed by atoms with Crippen LogP contribution in [0.15, 0.2) is 52.3 Å². The van der Waals surface area contributed by atoms with Gasteiger partial charge in [-0.25, -0.2) is 19.1 Å². The van der Waals surface area contributed by atoms with Crippen LogP contribution >= 0.6 is 11.3 Å². The Morgan fingerprint density at radius 3 is 2.51 bits per heavy atom. The molecule has 0 radical (unpaired) electrons. The van der Waals surface area contributed by atoms with Crippen molar-refractivity contribution in [2.45, 2.75) is 76.9 Å². The molecule has 1 saturated carbocycles. The highest BCUT2D eigenvalue weighted by atomic mass is 32.1. The van der Waals surface area contributed by atoms with E-state index in [1.807, 2.05) is 30.3 Å². The van der Waals surface area contributed by atoms with Crippen LogP contribution in [-0.2, 0) is 21.6 Å². The van der Waals surface area contributed by atoms with Gasteiger partial charge < -0.3 is 19.9 Å². The number of hydrogen-bond donors (Lipinski definition) is 3. The Bertz CT molecular complexity index is 1590. The molecule has 1 aliphatic carbocycles. The van der Waals surface area contributed by atoms with Crippen molar-refractivity contribution in [1.82, 2.24) is 19.1 Å². The van der Waals surface area contributed by atoms with Crippen LogP contribution in [-0.4, -0.2) is 47.5 Å². The predicted molar refractivity (Wildman–Crippen MR) is 148 cm³/mol. The molecule has 39 heavy (non-hydrogen) atoms. The SMILES string of the molecule is Cc1c(-c2ncc[nH]2)sc2c1c(=O)n(C(C)(C)C(=O)O)c(=O)n2C[C@H](O[C@H]1CC[C@@H](O)CC1)c1ccccc1. The van der Waals surface area contributed by atoms with Crippen LogP contribution in [0.3, 0.4) is 0 Å². The highest BCUT2D eigenvalue weighted by Crippen LogP contribution is 2.36. The van der Waals surface area contributed by atoms with Gasteiger partial charge in [0.1, 0.15) is 22.3 Å². The fourth-order valence-electron chi connectivity index (χ4n) is 5.19. The number of aromatic amines is 1. The number of ether oxygens (including phenoxy) is 1. The topological polar surface area (TPSA) is 139 Å². The zero-order valence-electron chi connectivity index (χ0n) is 22.1. The van der Waals surface area contributed by atoms with Crippen molar-refractivity contribution in [3.63, 3.8) is 0 Å². The van der Waals surface area contributed by atoms with Crippen LogP contribution in [0.2, 0.25) is 0 Å². The number of nitrogens with one attached hydrogen (secondary N) is 1. The van der Waals surface area contributed by atoms with Crippen LogP contribution in [0.1, 0.15) is 56.8 Å². The Kier molecular flexibility index (Phi) is 7.32. The molecule has 206 valence electrons. The molecule has 1 atom stereocenters. The number of aromatic nitrogens is 4. The first-order valence-electron chi connectivity index (χ1n) is 13.0. The molecular formula is C28H32N4O6S. The summed E-state index contributed by atoms with van der Waals surface area (Å²) in [7, 11) is 0. The van der Waals surface area contributed by atoms with E-state index in [9.17, 15) is 24.6 Å². The summed E-state index contributed by atoms with van der Waals surface area (Å²) < 4.78 is 8.87. The van der Waals surface area contributed by atoms with Crippen LogP contribution in [0, 0.1) is 6.92 Å². The van der Waals surface area contributed by atoms with Crippen LogP contribution in [0.4, 0.5) is 0 Å². The lowest BCUT2D eigenvalue weighted by Crippen LogP contribution is -2.52. The molecule has 3 aromatic heterocycles. The average Bonchev–Trinajstić information content (AvgIpc) is 3.55. The Hall–Kier alpha value is -3.54. The lowest BCUT2D eigenvalue weighted by molar-refractivity contribution is -0.146. The quantitative estimate of drug-likeness (QED) is 0.302. The number of imidazole rings is 1. The number of rotatable bonds is 8. The van der Waals surface area contributed by atoms with E-state index in [2.05, 4.69) is 9.97 Å². The molecule has 0 spiro atoms. The lowest BCUT2D eigenvalue weighted by Gasteiger charge is -2.31. The van der Waals surface area contributed by atoms with Crippen molar-refractivity contribution in [1.29, 1.82) is 0 Å². The molecule has 5 rings (SSSR count). The van der Waals surface area contributed by atoms with Gasteiger partial charge in [-0.2, -0.15) is 0 Å². The molecule has 3 N–H and O–H groups in total. The van der Waals surface area contributed by atoms with Gasteiger partial charge in [-0.15, -0.1) is 11.3 Å². The summed E-state index contributed by atoms with van der Waals surface area (Å²) in [4.78, 5) is 48.5. The monoisotopic (exact) mass is 552 g/mol. The van der Waals surface area contributed by atoms with Crippen LogP contribution in [0.25, 0.3) is 20.9 Å². The van der Waals surface area contributed by atoms with Gasteiger partial charge in [-0.05, 0) is 57.6 Å². The Morgan fingerprint density at radius 2 is 1.90 bits per heavy atom. The van der Waals surface area contributed by atoms with Crippen molar-refractivity contribution in [3.8, 4) is 10.7 Å². The molecule has 0 aliphatic heterocycles. The number of aliphatic carboxylic acids is 1. The summed E-state index contributed by atoms with van der Waals surface area (Å²) in [6, 6.07) is 9.54. The number of carbonyl (C=O) groups is 1. The van der Waals surface area contributed by atoms with E-state index >= 15 is 0 Å². The third kappa shape index (κ3) is 4.97. The van der Waals surface area contributed by atoms with Gasteiger partial charge in [-0.3, -0.25) is 9.36 Å². The maximum absolute atomic E-state index is 14.0. The fourth-order valence-corrected chi connectivity index (χ4v) is 6.45. The van der Waals surface area contributed by atoms with Gasteiger partial charge >= 0.3 is 11.7 Å². The number of benzene rings is 1. The lowest BCUT2D eigenvalue weighted by atomic mass is 9.95. The van der Waals surface area contributed by atoms with Gasteiger partial charge in [-0.1, -0.05) is 30.3 Å². The molecule has 3 heterocycles. The van der Waals surface area contributed by atoms with E-state index in [0.717, 1.165) is 10.1 Å². The Balaban J connectivity index is 1.71. The van der Waals surface area contributed by atoms with Crippen LogP contribution < -0.4 is 11.2 Å². The number of aliphatic hydroxyl groups excluding tert-OH is 1. The zero-order valence-corrected chi connectivity index (χ0v) is 22.9. The number of nitrogens with zero attached hydrogens (tertiary/aromatic N) is 3.